The molecule has 4 rings (SSSR count). The van der Waals surface area contributed by atoms with Crippen LogP contribution in [0.4, 0.5) is 5.69 Å². The van der Waals surface area contributed by atoms with Crippen molar-refractivity contribution in [2.24, 2.45) is 0 Å². The Morgan fingerprint density at radius 2 is 1.81 bits per heavy atom. The molecule has 0 radical (unpaired) electrons. The Hall–Kier alpha value is -3.34. The number of hydrogen-bond acceptors (Lipinski definition) is 3. The van der Waals surface area contributed by atoms with Crippen LogP contribution < -0.4 is 10.6 Å². The molecule has 1 fully saturated rings. The Morgan fingerprint density at radius 3 is 2.54 bits per heavy atom. The van der Waals surface area contributed by atoms with Crippen LogP contribution in [0, 0.1) is 0 Å². The van der Waals surface area contributed by atoms with E-state index in [-0.39, 0.29) is 11.8 Å². The largest absolute Gasteiger partial charge is 0.457 e. The highest BCUT2D eigenvalue weighted by Crippen LogP contribution is 2.20. The highest BCUT2D eigenvalue weighted by Gasteiger charge is 2.23. The lowest BCUT2D eigenvalue weighted by molar-refractivity contribution is -0.111. The molecule has 2 N–H and O–H groups in total. The molecule has 1 saturated carbocycles. The lowest BCUT2D eigenvalue weighted by Gasteiger charge is -2.05. The smallest absolute Gasteiger partial charge is 0.251 e. The zero-order chi connectivity index (χ0) is 17.9. The van der Waals surface area contributed by atoms with Crippen molar-refractivity contribution in [2.45, 2.75) is 18.9 Å². The van der Waals surface area contributed by atoms with Crippen molar-refractivity contribution in [1.29, 1.82) is 0 Å². The molecule has 26 heavy (non-hydrogen) atoms. The third-order valence-electron chi connectivity index (χ3n) is 4.17. The molecule has 2 amide bonds. The van der Waals surface area contributed by atoms with Crippen LogP contribution in [0.1, 0.15) is 29.0 Å². The number of benzene rings is 2. The first-order valence-corrected chi connectivity index (χ1v) is 8.56. The van der Waals surface area contributed by atoms with Crippen LogP contribution in [0.2, 0.25) is 0 Å². The van der Waals surface area contributed by atoms with Gasteiger partial charge in [-0.2, -0.15) is 0 Å². The van der Waals surface area contributed by atoms with Crippen LogP contribution in [0.25, 0.3) is 17.0 Å². The van der Waals surface area contributed by atoms with Crippen molar-refractivity contribution in [2.75, 3.05) is 5.32 Å². The zero-order valence-corrected chi connectivity index (χ0v) is 14.1. The number of anilines is 1. The summed E-state index contributed by atoms with van der Waals surface area (Å²) in [6.45, 7) is 0. The van der Waals surface area contributed by atoms with Gasteiger partial charge in [-0.25, -0.2) is 0 Å². The van der Waals surface area contributed by atoms with Crippen molar-refractivity contribution < 1.29 is 14.0 Å². The van der Waals surface area contributed by atoms with E-state index in [1.807, 2.05) is 30.3 Å². The van der Waals surface area contributed by atoms with E-state index < -0.39 is 0 Å². The minimum Gasteiger partial charge on any atom is -0.457 e. The van der Waals surface area contributed by atoms with E-state index in [0.29, 0.717) is 23.1 Å². The van der Waals surface area contributed by atoms with Crippen LogP contribution in [0.3, 0.4) is 0 Å². The minimum atomic E-state index is -0.263. The van der Waals surface area contributed by atoms with Gasteiger partial charge < -0.3 is 15.1 Å². The van der Waals surface area contributed by atoms with Gasteiger partial charge in [0.15, 0.2) is 0 Å². The summed E-state index contributed by atoms with van der Waals surface area (Å²) in [6.07, 6.45) is 5.16. The summed E-state index contributed by atoms with van der Waals surface area (Å²) in [5.41, 5.74) is 2.01. The first kappa shape index (κ1) is 16.1. The molecule has 0 saturated heterocycles. The normalized spacial score (nSPS) is 13.8. The van der Waals surface area contributed by atoms with E-state index in [0.717, 1.165) is 23.8 Å². The summed E-state index contributed by atoms with van der Waals surface area (Å²) in [6, 6.07) is 16.7. The highest BCUT2D eigenvalue weighted by atomic mass is 16.3. The maximum atomic E-state index is 12.1. The van der Waals surface area contributed by atoms with Gasteiger partial charge in [-0.1, -0.05) is 18.2 Å². The average molecular weight is 346 g/mol. The number of hydrogen-bond donors (Lipinski definition) is 2. The second-order valence-corrected chi connectivity index (χ2v) is 6.33. The van der Waals surface area contributed by atoms with E-state index in [1.165, 1.54) is 6.08 Å². The second-order valence-electron chi connectivity index (χ2n) is 6.33. The predicted molar refractivity (Wildman–Crippen MR) is 101 cm³/mol. The lowest BCUT2D eigenvalue weighted by Crippen LogP contribution is -2.25. The van der Waals surface area contributed by atoms with Crippen molar-refractivity contribution in [1.82, 2.24) is 5.32 Å². The molecule has 1 heterocycles. The molecule has 0 atom stereocenters. The summed E-state index contributed by atoms with van der Waals surface area (Å²) in [7, 11) is 0. The van der Waals surface area contributed by atoms with E-state index in [1.54, 1.807) is 30.3 Å². The third-order valence-corrected chi connectivity index (χ3v) is 4.17. The average Bonchev–Trinajstić information content (AvgIpc) is 3.36. The van der Waals surface area contributed by atoms with Gasteiger partial charge in [-0.15, -0.1) is 0 Å². The maximum absolute atomic E-state index is 12.1. The van der Waals surface area contributed by atoms with E-state index in [4.69, 9.17) is 4.42 Å². The molecule has 1 aliphatic carbocycles. The van der Waals surface area contributed by atoms with E-state index >= 15 is 0 Å². The fraction of sp³-hybridized carbons (Fsp3) is 0.143. The van der Waals surface area contributed by atoms with Crippen molar-refractivity contribution in [3.05, 3.63) is 72.0 Å². The van der Waals surface area contributed by atoms with Gasteiger partial charge in [-0.05, 0) is 55.3 Å². The van der Waals surface area contributed by atoms with Crippen LogP contribution in [-0.2, 0) is 4.79 Å². The summed E-state index contributed by atoms with van der Waals surface area (Å²) in [5, 5.41) is 6.69. The van der Waals surface area contributed by atoms with Crippen LogP contribution >= 0.6 is 0 Å². The van der Waals surface area contributed by atoms with Crippen LogP contribution in [0.5, 0.6) is 0 Å². The van der Waals surface area contributed by atoms with Gasteiger partial charge in [0, 0.05) is 28.8 Å². The second kappa shape index (κ2) is 6.88. The number of carbonyl (C=O) groups is 2. The lowest BCUT2D eigenvalue weighted by atomic mass is 10.2. The Bertz CT molecular complexity index is 949. The molecule has 0 aliphatic heterocycles. The summed E-state index contributed by atoms with van der Waals surface area (Å²) >= 11 is 0. The Labute approximate surface area is 150 Å². The number of nitrogens with one attached hydrogen (secondary N) is 2. The SMILES string of the molecule is O=C(/C=C/c1cc2ccccc2o1)Nc1ccc(C(=O)NC2CC2)cc1. The number of fused-ring (bicyclic) bond motifs is 1. The quantitative estimate of drug-likeness (QED) is 0.687. The highest BCUT2D eigenvalue weighted by molar-refractivity contribution is 6.02. The number of furan rings is 1. The van der Waals surface area contributed by atoms with Crippen molar-refractivity contribution >= 4 is 34.5 Å². The number of amides is 2. The van der Waals surface area contributed by atoms with Gasteiger partial charge in [0.05, 0.1) is 0 Å². The topological polar surface area (TPSA) is 71.3 Å². The van der Waals surface area contributed by atoms with Gasteiger partial charge >= 0.3 is 0 Å². The molecule has 1 aliphatic rings. The van der Waals surface area contributed by atoms with E-state index in [2.05, 4.69) is 10.6 Å². The Morgan fingerprint density at radius 1 is 1.04 bits per heavy atom. The summed E-state index contributed by atoms with van der Waals surface area (Å²) in [5.74, 6) is 0.282. The summed E-state index contributed by atoms with van der Waals surface area (Å²) in [4.78, 5) is 24.0. The van der Waals surface area contributed by atoms with Crippen LogP contribution in [-0.4, -0.2) is 17.9 Å². The van der Waals surface area contributed by atoms with Gasteiger partial charge in [0.1, 0.15) is 11.3 Å². The van der Waals surface area contributed by atoms with E-state index in [9.17, 15) is 9.59 Å². The molecular weight excluding hydrogens is 328 g/mol. The standard InChI is InChI=1S/C21H18N2O3/c24-20(12-11-18-13-15-3-1-2-4-19(15)26-18)22-16-7-5-14(6-8-16)21(25)23-17-9-10-17/h1-8,11-13,17H,9-10H2,(H,22,24)(H,23,25)/b12-11+. The zero-order valence-electron chi connectivity index (χ0n) is 14.1. The first-order valence-electron chi connectivity index (χ1n) is 8.56. The number of rotatable bonds is 5. The molecule has 130 valence electrons. The molecular formula is C21H18N2O3. The summed E-state index contributed by atoms with van der Waals surface area (Å²) < 4.78 is 5.64. The number of carbonyl (C=O) groups excluding carboxylic acids is 2. The molecule has 0 spiro atoms. The fourth-order valence-electron chi connectivity index (χ4n) is 2.63. The Balaban J connectivity index is 1.37. The van der Waals surface area contributed by atoms with Crippen molar-refractivity contribution in [3.63, 3.8) is 0 Å². The van der Waals surface area contributed by atoms with Gasteiger partial charge in [0.25, 0.3) is 5.91 Å². The van der Waals surface area contributed by atoms with Crippen LogP contribution in [0.15, 0.2) is 65.1 Å². The molecule has 1 aromatic heterocycles. The predicted octanol–water partition coefficient (Wildman–Crippen LogP) is 3.98. The molecule has 5 nitrogen and oxygen atoms in total. The maximum Gasteiger partial charge on any atom is 0.251 e. The molecule has 0 unspecified atom stereocenters. The molecule has 2 aromatic carbocycles. The van der Waals surface area contributed by atoms with Crippen molar-refractivity contribution in [3.8, 4) is 0 Å². The Kier molecular flexibility index (Phi) is 4.27. The molecule has 3 aromatic rings. The van der Waals surface area contributed by atoms with Gasteiger partial charge in [-0.3, -0.25) is 9.59 Å². The fourth-order valence-corrected chi connectivity index (χ4v) is 2.63. The minimum absolute atomic E-state index is 0.0739. The number of para-hydroxylation sites is 1. The third kappa shape index (κ3) is 3.83. The first-order chi connectivity index (χ1) is 12.7. The molecule has 0 bridgehead atoms. The monoisotopic (exact) mass is 346 g/mol. The molecule has 5 heteroatoms. The van der Waals surface area contributed by atoms with Gasteiger partial charge in [0.2, 0.25) is 5.91 Å².